The average molecular weight is 294 g/mol. The van der Waals surface area contributed by atoms with Gasteiger partial charge in [0.15, 0.2) is 5.82 Å². The van der Waals surface area contributed by atoms with Crippen molar-refractivity contribution in [2.75, 3.05) is 0 Å². The van der Waals surface area contributed by atoms with Crippen LogP contribution < -0.4 is 0 Å². The summed E-state index contributed by atoms with van der Waals surface area (Å²) in [5, 5.41) is 3.72. The van der Waals surface area contributed by atoms with Gasteiger partial charge in [-0.3, -0.25) is 0 Å². The predicted molar refractivity (Wildman–Crippen MR) is 78.9 cm³/mol. The molecule has 2 aromatic rings. The number of hydrogen-bond acceptors (Lipinski definition) is 4. The second-order valence-corrected chi connectivity index (χ2v) is 7.12. The molecule has 3 rings (SSSR count). The zero-order valence-electron chi connectivity index (χ0n) is 11.3. The highest BCUT2D eigenvalue weighted by Crippen LogP contribution is 2.31. The van der Waals surface area contributed by atoms with Crippen molar-refractivity contribution in [2.45, 2.75) is 45.4 Å². The van der Waals surface area contributed by atoms with E-state index in [1.807, 2.05) is 5.38 Å². The van der Waals surface area contributed by atoms with Crippen molar-refractivity contribution >= 4 is 22.9 Å². The maximum absolute atomic E-state index is 6.25. The molecule has 0 amide bonds. The van der Waals surface area contributed by atoms with Gasteiger partial charge in [0.1, 0.15) is 10.8 Å². The Morgan fingerprint density at radius 1 is 1.16 bits per heavy atom. The number of thiazole rings is 1. The molecule has 2 aromatic heterocycles. The van der Waals surface area contributed by atoms with Crippen molar-refractivity contribution < 1.29 is 0 Å². The zero-order chi connectivity index (χ0) is 13.6. The van der Waals surface area contributed by atoms with Crippen LogP contribution in [0.2, 0.25) is 5.15 Å². The number of rotatable bonds is 1. The number of hydrogen-bond donors (Lipinski definition) is 0. The van der Waals surface area contributed by atoms with Gasteiger partial charge < -0.3 is 0 Å². The molecule has 1 aliphatic rings. The van der Waals surface area contributed by atoms with Gasteiger partial charge in [0.2, 0.25) is 0 Å². The Morgan fingerprint density at radius 3 is 2.63 bits per heavy atom. The molecule has 0 saturated heterocycles. The summed E-state index contributed by atoms with van der Waals surface area (Å²) in [5.74, 6) is 0.664. The highest BCUT2D eigenvalue weighted by molar-refractivity contribution is 7.10. The van der Waals surface area contributed by atoms with Gasteiger partial charge in [-0.05, 0) is 19.3 Å². The standard InChI is InChI=1S/C14H16ClN3S/c1-14(2,3)13-17-10(7-19-13)12-16-9-6-4-5-8(9)11(15)18-12/h7H,4-6H2,1-3H3. The predicted octanol–water partition coefficient (Wildman–Crippen LogP) is 4.04. The zero-order valence-corrected chi connectivity index (χ0v) is 12.9. The monoisotopic (exact) mass is 293 g/mol. The third-order valence-electron chi connectivity index (χ3n) is 3.26. The minimum atomic E-state index is 0.0590. The summed E-state index contributed by atoms with van der Waals surface area (Å²) in [6, 6.07) is 0. The van der Waals surface area contributed by atoms with Gasteiger partial charge >= 0.3 is 0 Å². The first-order chi connectivity index (χ1) is 8.95. The number of halogens is 1. The fourth-order valence-corrected chi connectivity index (χ4v) is 3.39. The molecule has 5 heteroatoms. The van der Waals surface area contributed by atoms with E-state index in [2.05, 4.69) is 35.7 Å². The Morgan fingerprint density at radius 2 is 1.95 bits per heavy atom. The highest BCUT2D eigenvalue weighted by atomic mass is 35.5. The molecule has 100 valence electrons. The normalized spacial score (nSPS) is 14.7. The molecule has 3 nitrogen and oxygen atoms in total. The maximum atomic E-state index is 6.25. The lowest BCUT2D eigenvalue weighted by atomic mass is 9.98. The molecule has 19 heavy (non-hydrogen) atoms. The molecule has 0 fully saturated rings. The van der Waals surface area contributed by atoms with Crippen LogP contribution in [0.3, 0.4) is 0 Å². The van der Waals surface area contributed by atoms with Crippen LogP contribution in [0.25, 0.3) is 11.5 Å². The summed E-state index contributed by atoms with van der Waals surface area (Å²) in [4.78, 5) is 13.7. The largest absolute Gasteiger partial charge is 0.237 e. The quantitative estimate of drug-likeness (QED) is 0.745. The average Bonchev–Trinajstić information content (AvgIpc) is 2.96. The topological polar surface area (TPSA) is 38.7 Å². The van der Waals surface area contributed by atoms with Gasteiger partial charge in [0, 0.05) is 22.1 Å². The minimum absolute atomic E-state index is 0.0590. The summed E-state index contributed by atoms with van der Waals surface area (Å²) in [6.07, 6.45) is 3.12. The van der Waals surface area contributed by atoms with E-state index in [0.29, 0.717) is 11.0 Å². The van der Waals surface area contributed by atoms with E-state index < -0.39 is 0 Å². The van der Waals surface area contributed by atoms with Crippen molar-refractivity contribution in [1.29, 1.82) is 0 Å². The van der Waals surface area contributed by atoms with Gasteiger partial charge in [0.05, 0.1) is 5.01 Å². The molecule has 0 aliphatic heterocycles. The van der Waals surface area contributed by atoms with Gasteiger partial charge in [0.25, 0.3) is 0 Å². The Hall–Kier alpha value is -1.00. The lowest BCUT2D eigenvalue weighted by molar-refractivity contribution is 0.586. The first kappa shape index (κ1) is 13.0. The van der Waals surface area contributed by atoms with Crippen LogP contribution in [0.1, 0.15) is 43.5 Å². The van der Waals surface area contributed by atoms with E-state index in [1.165, 1.54) is 0 Å². The van der Waals surface area contributed by atoms with Crippen molar-refractivity contribution in [2.24, 2.45) is 0 Å². The summed E-state index contributed by atoms with van der Waals surface area (Å²) >= 11 is 7.90. The first-order valence-corrected chi connectivity index (χ1v) is 7.72. The fourth-order valence-electron chi connectivity index (χ4n) is 2.22. The molecule has 0 radical (unpaired) electrons. The Balaban J connectivity index is 2.03. The molecular weight excluding hydrogens is 278 g/mol. The number of nitrogens with zero attached hydrogens (tertiary/aromatic N) is 3. The smallest absolute Gasteiger partial charge is 0.180 e. The second-order valence-electron chi connectivity index (χ2n) is 5.90. The van der Waals surface area contributed by atoms with Crippen LogP contribution in [0.4, 0.5) is 0 Å². The van der Waals surface area contributed by atoms with Crippen molar-refractivity contribution in [3.05, 3.63) is 26.8 Å². The van der Waals surface area contributed by atoms with Crippen molar-refractivity contribution in [3.8, 4) is 11.5 Å². The summed E-state index contributed by atoms with van der Waals surface area (Å²) in [5.41, 5.74) is 3.12. The maximum Gasteiger partial charge on any atom is 0.180 e. The van der Waals surface area contributed by atoms with E-state index in [0.717, 1.165) is 41.2 Å². The van der Waals surface area contributed by atoms with Crippen molar-refractivity contribution in [3.63, 3.8) is 0 Å². The van der Waals surface area contributed by atoms with Gasteiger partial charge in [-0.15, -0.1) is 11.3 Å². The molecule has 0 unspecified atom stereocenters. The van der Waals surface area contributed by atoms with Gasteiger partial charge in [-0.25, -0.2) is 15.0 Å². The second kappa shape index (κ2) is 4.53. The van der Waals surface area contributed by atoms with Crippen molar-refractivity contribution in [1.82, 2.24) is 15.0 Å². The highest BCUT2D eigenvalue weighted by Gasteiger charge is 2.22. The Kier molecular flexibility index (Phi) is 3.10. The van der Waals surface area contributed by atoms with E-state index in [-0.39, 0.29) is 5.41 Å². The third-order valence-corrected chi connectivity index (χ3v) is 4.84. The summed E-state index contributed by atoms with van der Waals surface area (Å²) < 4.78 is 0. The van der Waals surface area contributed by atoms with Gasteiger partial charge in [-0.1, -0.05) is 32.4 Å². The number of aryl methyl sites for hydroxylation is 1. The molecule has 1 aliphatic carbocycles. The van der Waals surface area contributed by atoms with Crippen LogP contribution in [-0.2, 0) is 18.3 Å². The lowest BCUT2D eigenvalue weighted by Gasteiger charge is -2.13. The van der Waals surface area contributed by atoms with Crippen LogP contribution in [0, 0.1) is 0 Å². The SMILES string of the molecule is CC(C)(C)c1nc(-c2nc(Cl)c3c(n2)CCC3)cs1. The number of aromatic nitrogens is 3. The first-order valence-electron chi connectivity index (χ1n) is 6.47. The Bertz CT molecular complexity index is 628. The van der Waals surface area contributed by atoms with Gasteiger partial charge in [-0.2, -0.15) is 0 Å². The van der Waals surface area contributed by atoms with Crippen LogP contribution in [0.15, 0.2) is 5.38 Å². The summed E-state index contributed by atoms with van der Waals surface area (Å²) in [7, 11) is 0. The molecule has 2 heterocycles. The fraction of sp³-hybridized carbons (Fsp3) is 0.500. The third kappa shape index (κ3) is 2.39. The molecule has 0 N–H and O–H groups in total. The van der Waals surface area contributed by atoms with Crippen LogP contribution in [0.5, 0.6) is 0 Å². The van der Waals surface area contributed by atoms with E-state index in [9.17, 15) is 0 Å². The van der Waals surface area contributed by atoms with E-state index in [1.54, 1.807) is 11.3 Å². The molecule has 0 atom stereocenters. The number of fused-ring (bicyclic) bond motifs is 1. The summed E-state index contributed by atoms with van der Waals surface area (Å²) in [6.45, 7) is 6.48. The molecule has 0 bridgehead atoms. The molecular formula is C14H16ClN3S. The van der Waals surface area contributed by atoms with E-state index >= 15 is 0 Å². The molecule has 0 saturated carbocycles. The van der Waals surface area contributed by atoms with Crippen LogP contribution >= 0.6 is 22.9 Å². The minimum Gasteiger partial charge on any atom is -0.237 e. The molecule has 0 aromatic carbocycles. The lowest BCUT2D eigenvalue weighted by Crippen LogP contribution is -2.10. The Labute approximate surface area is 122 Å². The molecule has 0 spiro atoms. The van der Waals surface area contributed by atoms with E-state index in [4.69, 9.17) is 11.6 Å². The van der Waals surface area contributed by atoms with Crippen LogP contribution in [-0.4, -0.2) is 15.0 Å².